The number of halogens is 1. The first-order valence-electron chi connectivity index (χ1n) is 4.58. The van der Waals surface area contributed by atoms with Crippen LogP contribution in [0.2, 0.25) is 5.15 Å². The SMILES string of the molecule is Clc1cccc(NCCc2cscn2)n1. The minimum atomic E-state index is 0.508. The van der Waals surface area contributed by atoms with Gasteiger partial charge >= 0.3 is 0 Å². The van der Waals surface area contributed by atoms with Gasteiger partial charge in [0.05, 0.1) is 11.2 Å². The maximum absolute atomic E-state index is 5.76. The number of hydrogen-bond donors (Lipinski definition) is 1. The summed E-state index contributed by atoms with van der Waals surface area (Å²) in [4.78, 5) is 8.33. The van der Waals surface area contributed by atoms with E-state index in [4.69, 9.17) is 11.6 Å². The fourth-order valence-corrected chi connectivity index (χ4v) is 1.94. The smallest absolute Gasteiger partial charge is 0.131 e. The molecule has 0 saturated heterocycles. The average molecular weight is 240 g/mol. The van der Waals surface area contributed by atoms with E-state index in [9.17, 15) is 0 Å². The Bertz CT molecular complexity index is 416. The number of thiazole rings is 1. The Hall–Kier alpha value is -1.13. The Morgan fingerprint density at radius 1 is 1.40 bits per heavy atom. The van der Waals surface area contributed by atoms with Gasteiger partial charge in [-0.15, -0.1) is 11.3 Å². The fourth-order valence-electron chi connectivity index (χ4n) is 1.19. The van der Waals surface area contributed by atoms with Crippen molar-refractivity contribution in [2.75, 3.05) is 11.9 Å². The third kappa shape index (κ3) is 3.18. The molecule has 2 heterocycles. The topological polar surface area (TPSA) is 37.8 Å². The molecule has 0 spiro atoms. The molecule has 0 radical (unpaired) electrons. The lowest BCUT2D eigenvalue weighted by Crippen LogP contribution is -2.06. The summed E-state index contributed by atoms with van der Waals surface area (Å²) in [7, 11) is 0. The molecule has 0 unspecified atom stereocenters. The minimum absolute atomic E-state index is 0.508. The van der Waals surface area contributed by atoms with Gasteiger partial charge in [0, 0.05) is 18.3 Å². The van der Waals surface area contributed by atoms with Crippen LogP contribution < -0.4 is 5.32 Å². The number of rotatable bonds is 4. The quantitative estimate of drug-likeness (QED) is 0.834. The van der Waals surface area contributed by atoms with Gasteiger partial charge in [-0.25, -0.2) is 9.97 Å². The van der Waals surface area contributed by atoms with Crippen LogP contribution in [0.25, 0.3) is 0 Å². The zero-order valence-corrected chi connectivity index (χ0v) is 9.55. The molecule has 1 N–H and O–H groups in total. The van der Waals surface area contributed by atoms with Crippen molar-refractivity contribution in [1.29, 1.82) is 0 Å². The Balaban J connectivity index is 1.83. The Morgan fingerprint density at radius 3 is 3.07 bits per heavy atom. The van der Waals surface area contributed by atoms with Crippen molar-refractivity contribution >= 4 is 28.8 Å². The van der Waals surface area contributed by atoms with Crippen LogP contribution in [-0.4, -0.2) is 16.5 Å². The van der Waals surface area contributed by atoms with Gasteiger partial charge in [0.2, 0.25) is 0 Å². The summed E-state index contributed by atoms with van der Waals surface area (Å²) in [6.45, 7) is 0.817. The molecule has 2 aromatic heterocycles. The molecule has 0 fully saturated rings. The summed E-state index contributed by atoms with van der Waals surface area (Å²) in [5.74, 6) is 0.803. The van der Waals surface area contributed by atoms with Crippen LogP contribution in [0.5, 0.6) is 0 Å². The Morgan fingerprint density at radius 2 is 2.33 bits per heavy atom. The average Bonchev–Trinajstić information content (AvgIpc) is 2.71. The highest BCUT2D eigenvalue weighted by Crippen LogP contribution is 2.09. The standard InChI is InChI=1S/C10H10ClN3S/c11-9-2-1-3-10(14-9)12-5-4-8-6-15-7-13-8/h1-3,6-7H,4-5H2,(H,12,14). The summed E-state index contributed by atoms with van der Waals surface area (Å²) < 4.78 is 0. The molecular formula is C10H10ClN3S. The monoisotopic (exact) mass is 239 g/mol. The van der Waals surface area contributed by atoms with Crippen LogP contribution in [-0.2, 0) is 6.42 Å². The fraction of sp³-hybridized carbons (Fsp3) is 0.200. The zero-order valence-electron chi connectivity index (χ0n) is 7.98. The van der Waals surface area contributed by atoms with Crippen LogP contribution in [0.4, 0.5) is 5.82 Å². The van der Waals surface area contributed by atoms with Gasteiger partial charge in [-0.2, -0.15) is 0 Å². The second-order valence-corrected chi connectivity index (χ2v) is 4.11. The Labute approximate surface area is 97.2 Å². The van der Waals surface area contributed by atoms with Crippen molar-refractivity contribution in [2.24, 2.45) is 0 Å². The van der Waals surface area contributed by atoms with Crippen molar-refractivity contribution in [1.82, 2.24) is 9.97 Å². The summed E-state index contributed by atoms with van der Waals surface area (Å²) in [5.41, 5.74) is 2.95. The van der Waals surface area contributed by atoms with Crippen molar-refractivity contribution in [3.8, 4) is 0 Å². The first kappa shape index (κ1) is 10.4. The number of hydrogen-bond acceptors (Lipinski definition) is 4. The van der Waals surface area contributed by atoms with Gasteiger partial charge in [-0.05, 0) is 12.1 Å². The van der Waals surface area contributed by atoms with E-state index in [1.165, 1.54) is 0 Å². The first-order chi connectivity index (χ1) is 7.34. The molecule has 0 aliphatic carbocycles. The van der Waals surface area contributed by atoms with E-state index in [0.717, 1.165) is 24.5 Å². The number of pyridine rings is 1. The van der Waals surface area contributed by atoms with Crippen LogP contribution in [0.1, 0.15) is 5.69 Å². The van der Waals surface area contributed by atoms with Gasteiger partial charge in [0.15, 0.2) is 0 Å². The highest BCUT2D eigenvalue weighted by molar-refractivity contribution is 7.07. The van der Waals surface area contributed by atoms with E-state index < -0.39 is 0 Å². The molecule has 0 saturated carbocycles. The molecule has 2 rings (SSSR count). The minimum Gasteiger partial charge on any atom is -0.370 e. The van der Waals surface area contributed by atoms with E-state index >= 15 is 0 Å². The number of anilines is 1. The van der Waals surface area contributed by atoms with Crippen LogP contribution >= 0.6 is 22.9 Å². The van der Waals surface area contributed by atoms with E-state index in [0.29, 0.717) is 5.15 Å². The van der Waals surface area contributed by atoms with Gasteiger partial charge < -0.3 is 5.32 Å². The Kier molecular flexibility index (Phi) is 3.53. The van der Waals surface area contributed by atoms with Gasteiger partial charge in [-0.3, -0.25) is 0 Å². The van der Waals surface area contributed by atoms with Crippen LogP contribution in [0.15, 0.2) is 29.1 Å². The van der Waals surface area contributed by atoms with Crippen LogP contribution in [0.3, 0.4) is 0 Å². The molecule has 0 amide bonds. The van der Waals surface area contributed by atoms with Crippen molar-refractivity contribution in [3.05, 3.63) is 39.9 Å². The molecule has 78 valence electrons. The summed E-state index contributed by atoms with van der Waals surface area (Å²) in [6.07, 6.45) is 0.900. The summed E-state index contributed by atoms with van der Waals surface area (Å²) >= 11 is 7.37. The van der Waals surface area contributed by atoms with Gasteiger partial charge in [0.25, 0.3) is 0 Å². The highest BCUT2D eigenvalue weighted by Gasteiger charge is 1.96. The first-order valence-corrected chi connectivity index (χ1v) is 5.90. The lowest BCUT2D eigenvalue weighted by atomic mass is 10.3. The second-order valence-electron chi connectivity index (χ2n) is 3.00. The summed E-state index contributed by atoms with van der Waals surface area (Å²) in [5, 5.41) is 5.75. The molecule has 5 heteroatoms. The van der Waals surface area contributed by atoms with E-state index in [2.05, 4.69) is 15.3 Å². The molecule has 0 bridgehead atoms. The molecular weight excluding hydrogens is 230 g/mol. The van der Waals surface area contributed by atoms with E-state index in [1.807, 2.05) is 23.0 Å². The van der Waals surface area contributed by atoms with Crippen molar-refractivity contribution in [2.45, 2.75) is 6.42 Å². The maximum Gasteiger partial charge on any atom is 0.131 e. The number of nitrogens with one attached hydrogen (secondary N) is 1. The lowest BCUT2D eigenvalue weighted by Gasteiger charge is -2.03. The zero-order chi connectivity index (χ0) is 10.5. The second kappa shape index (κ2) is 5.09. The van der Waals surface area contributed by atoms with E-state index in [1.54, 1.807) is 17.4 Å². The van der Waals surface area contributed by atoms with Crippen molar-refractivity contribution < 1.29 is 0 Å². The number of nitrogens with zero attached hydrogens (tertiary/aromatic N) is 2. The largest absolute Gasteiger partial charge is 0.370 e. The van der Waals surface area contributed by atoms with Gasteiger partial charge in [-0.1, -0.05) is 17.7 Å². The summed E-state index contributed by atoms with van der Waals surface area (Å²) in [6, 6.07) is 5.53. The van der Waals surface area contributed by atoms with Gasteiger partial charge in [0.1, 0.15) is 11.0 Å². The molecule has 2 aromatic rings. The predicted molar refractivity (Wildman–Crippen MR) is 63.6 cm³/mol. The van der Waals surface area contributed by atoms with Crippen LogP contribution in [0, 0.1) is 0 Å². The normalized spacial score (nSPS) is 10.2. The van der Waals surface area contributed by atoms with E-state index in [-0.39, 0.29) is 0 Å². The molecule has 0 atom stereocenters. The lowest BCUT2D eigenvalue weighted by molar-refractivity contribution is 0.968. The molecule has 0 aromatic carbocycles. The molecule has 0 aliphatic heterocycles. The third-order valence-corrected chi connectivity index (χ3v) is 2.73. The molecule has 0 aliphatic rings. The third-order valence-electron chi connectivity index (χ3n) is 1.89. The molecule has 3 nitrogen and oxygen atoms in total. The molecule has 15 heavy (non-hydrogen) atoms. The number of aromatic nitrogens is 2. The van der Waals surface area contributed by atoms with Crippen molar-refractivity contribution in [3.63, 3.8) is 0 Å². The maximum atomic E-state index is 5.76. The predicted octanol–water partition coefficient (Wildman–Crippen LogP) is 2.85. The highest BCUT2D eigenvalue weighted by atomic mass is 35.5.